The molecule has 7 heteroatoms. The highest BCUT2D eigenvalue weighted by Gasteiger charge is 2.19. The molecule has 3 aromatic rings. The van der Waals surface area contributed by atoms with Gasteiger partial charge in [-0.1, -0.05) is 6.07 Å². The third-order valence-corrected chi connectivity index (χ3v) is 4.77. The monoisotopic (exact) mass is 351 g/mol. The predicted octanol–water partition coefficient (Wildman–Crippen LogP) is 1.82. The summed E-state index contributed by atoms with van der Waals surface area (Å²) in [6.45, 7) is 5.61. The quantitative estimate of drug-likeness (QED) is 0.721. The summed E-state index contributed by atoms with van der Waals surface area (Å²) in [6.07, 6.45) is 5.03. The SMILES string of the molecule is Cc1cc(C)cc(-n2ncc3c(=O)n(CC(=O)N4CCCC4)cnc32)c1. The first kappa shape index (κ1) is 16.5. The van der Waals surface area contributed by atoms with Gasteiger partial charge in [0, 0.05) is 13.1 Å². The Kier molecular flexibility index (Phi) is 4.06. The zero-order chi connectivity index (χ0) is 18.3. The summed E-state index contributed by atoms with van der Waals surface area (Å²) in [4.78, 5) is 31.3. The molecular formula is C19H21N5O2. The standard InChI is InChI=1S/C19H21N5O2/c1-13-7-14(2)9-15(8-13)24-18-16(10-21-24)19(26)23(12-20-18)11-17(25)22-5-3-4-6-22/h7-10,12H,3-6,11H2,1-2H3. The molecule has 26 heavy (non-hydrogen) atoms. The lowest BCUT2D eigenvalue weighted by molar-refractivity contribution is -0.130. The Balaban J connectivity index is 1.71. The van der Waals surface area contributed by atoms with E-state index in [9.17, 15) is 9.59 Å². The molecule has 1 fully saturated rings. The van der Waals surface area contributed by atoms with E-state index in [1.54, 1.807) is 9.58 Å². The molecule has 1 amide bonds. The van der Waals surface area contributed by atoms with Gasteiger partial charge in [-0.15, -0.1) is 0 Å². The number of fused-ring (bicyclic) bond motifs is 1. The molecule has 1 aromatic carbocycles. The average Bonchev–Trinajstić information content (AvgIpc) is 3.26. The van der Waals surface area contributed by atoms with E-state index in [-0.39, 0.29) is 18.0 Å². The van der Waals surface area contributed by atoms with Crippen molar-refractivity contribution < 1.29 is 4.79 Å². The Labute approximate surface area is 150 Å². The largest absolute Gasteiger partial charge is 0.341 e. The number of aryl methyl sites for hydroxylation is 2. The molecule has 1 aliphatic heterocycles. The zero-order valence-electron chi connectivity index (χ0n) is 15.0. The Bertz CT molecular complexity index is 1020. The molecule has 0 N–H and O–H groups in total. The van der Waals surface area contributed by atoms with Crippen LogP contribution in [0.4, 0.5) is 0 Å². The van der Waals surface area contributed by atoms with Gasteiger partial charge in [0.15, 0.2) is 5.65 Å². The average molecular weight is 351 g/mol. The summed E-state index contributed by atoms with van der Waals surface area (Å²) < 4.78 is 3.04. The number of rotatable bonds is 3. The Morgan fingerprint density at radius 1 is 1.12 bits per heavy atom. The number of carbonyl (C=O) groups excluding carboxylic acids is 1. The number of likely N-dealkylation sites (tertiary alicyclic amines) is 1. The summed E-state index contributed by atoms with van der Waals surface area (Å²) in [5.41, 5.74) is 3.37. The number of amides is 1. The van der Waals surface area contributed by atoms with Crippen LogP contribution >= 0.6 is 0 Å². The van der Waals surface area contributed by atoms with Crippen molar-refractivity contribution in [3.63, 3.8) is 0 Å². The summed E-state index contributed by atoms with van der Waals surface area (Å²) in [7, 11) is 0. The molecule has 0 bridgehead atoms. The van der Waals surface area contributed by atoms with Crippen molar-refractivity contribution in [2.75, 3.05) is 13.1 Å². The molecule has 3 heterocycles. The van der Waals surface area contributed by atoms with Gasteiger partial charge in [-0.2, -0.15) is 5.10 Å². The highest BCUT2D eigenvalue weighted by Crippen LogP contribution is 2.17. The van der Waals surface area contributed by atoms with Crippen molar-refractivity contribution in [3.8, 4) is 5.69 Å². The second-order valence-electron chi connectivity index (χ2n) is 6.91. The zero-order valence-corrected chi connectivity index (χ0v) is 15.0. The Morgan fingerprint density at radius 3 is 2.50 bits per heavy atom. The van der Waals surface area contributed by atoms with Crippen molar-refractivity contribution in [1.82, 2.24) is 24.2 Å². The van der Waals surface area contributed by atoms with Gasteiger partial charge in [-0.3, -0.25) is 14.2 Å². The van der Waals surface area contributed by atoms with E-state index in [0.29, 0.717) is 11.0 Å². The van der Waals surface area contributed by atoms with E-state index in [0.717, 1.165) is 42.7 Å². The van der Waals surface area contributed by atoms with Gasteiger partial charge >= 0.3 is 0 Å². The van der Waals surface area contributed by atoms with E-state index in [1.807, 2.05) is 26.0 Å². The number of aromatic nitrogens is 4. The maximum absolute atomic E-state index is 12.8. The fraction of sp³-hybridized carbons (Fsp3) is 0.368. The molecule has 1 saturated heterocycles. The van der Waals surface area contributed by atoms with Crippen molar-refractivity contribution in [3.05, 3.63) is 52.2 Å². The molecular weight excluding hydrogens is 330 g/mol. The highest BCUT2D eigenvalue weighted by molar-refractivity contribution is 5.78. The van der Waals surface area contributed by atoms with Crippen LogP contribution in [0, 0.1) is 13.8 Å². The van der Waals surface area contributed by atoms with E-state index >= 15 is 0 Å². The fourth-order valence-electron chi connectivity index (χ4n) is 3.54. The lowest BCUT2D eigenvalue weighted by atomic mass is 10.1. The van der Waals surface area contributed by atoms with E-state index in [2.05, 4.69) is 16.1 Å². The fourth-order valence-corrected chi connectivity index (χ4v) is 3.54. The molecule has 0 unspecified atom stereocenters. The van der Waals surface area contributed by atoms with E-state index < -0.39 is 0 Å². The van der Waals surface area contributed by atoms with Gasteiger partial charge in [-0.05, 0) is 49.9 Å². The van der Waals surface area contributed by atoms with Crippen LogP contribution in [0.15, 0.2) is 35.5 Å². The van der Waals surface area contributed by atoms with Crippen LogP contribution in [0.5, 0.6) is 0 Å². The van der Waals surface area contributed by atoms with Gasteiger partial charge in [0.25, 0.3) is 5.56 Å². The van der Waals surface area contributed by atoms with Crippen molar-refractivity contribution in [2.45, 2.75) is 33.2 Å². The minimum absolute atomic E-state index is 0.0243. The molecule has 7 nitrogen and oxygen atoms in total. The lowest BCUT2D eigenvalue weighted by Gasteiger charge is -2.15. The first-order valence-corrected chi connectivity index (χ1v) is 8.82. The normalized spacial score (nSPS) is 14.3. The minimum atomic E-state index is -0.238. The van der Waals surface area contributed by atoms with Crippen LogP contribution in [0.3, 0.4) is 0 Å². The smallest absolute Gasteiger partial charge is 0.264 e. The van der Waals surface area contributed by atoms with Gasteiger partial charge in [0.05, 0.1) is 11.9 Å². The molecule has 0 radical (unpaired) electrons. The van der Waals surface area contributed by atoms with Gasteiger partial charge in [0.1, 0.15) is 18.3 Å². The van der Waals surface area contributed by atoms with Crippen LogP contribution in [0.25, 0.3) is 16.7 Å². The molecule has 2 aromatic heterocycles. The van der Waals surface area contributed by atoms with Gasteiger partial charge < -0.3 is 4.90 Å². The second-order valence-corrected chi connectivity index (χ2v) is 6.91. The predicted molar refractivity (Wildman–Crippen MR) is 98.4 cm³/mol. The van der Waals surface area contributed by atoms with Crippen LogP contribution < -0.4 is 5.56 Å². The van der Waals surface area contributed by atoms with Crippen LogP contribution in [-0.2, 0) is 11.3 Å². The number of nitrogens with zero attached hydrogens (tertiary/aromatic N) is 5. The third-order valence-electron chi connectivity index (χ3n) is 4.77. The van der Waals surface area contributed by atoms with Gasteiger partial charge in [0.2, 0.25) is 5.91 Å². The van der Waals surface area contributed by atoms with Crippen molar-refractivity contribution >= 4 is 16.9 Å². The van der Waals surface area contributed by atoms with Gasteiger partial charge in [-0.25, -0.2) is 9.67 Å². The molecule has 1 aliphatic rings. The number of hydrogen-bond acceptors (Lipinski definition) is 4. The van der Waals surface area contributed by atoms with E-state index in [1.165, 1.54) is 17.1 Å². The summed E-state index contributed by atoms with van der Waals surface area (Å²) in [6, 6.07) is 6.09. The molecule has 4 rings (SSSR count). The van der Waals surface area contributed by atoms with Crippen LogP contribution in [-0.4, -0.2) is 43.2 Å². The Morgan fingerprint density at radius 2 is 1.81 bits per heavy atom. The second kappa shape index (κ2) is 6.40. The van der Waals surface area contributed by atoms with E-state index in [4.69, 9.17) is 0 Å². The highest BCUT2D eigenvalue weighted by atomic mass is 16.2. The molecule has 0 atom stereocenters. The number of benzene rings is 1. The van der Waals surface area contributed by atoms with Crippen LogP contribution in [0.1, 0.15) is 24.0 Å². The molecule has 134 valence electrons. The molecule has 0 spiro atoms. The van der Waals surface area contributed by atoms with Crippen molar-refractivity contribution in [1.29, 1.82) is 0 Å². The summed E-state index contributed by atoms with van der Waals surface area (Å²) in [5.74, 6) is -0.0348. The maximum Gasteiger partial charge on any atom is 0.264 e. The molecule has 0 saturated carbocycles. The number of carbonyl (C=O) groups is 1. The minimum Gasteiger partial charge on any atom is -0.341 e. The summed E-state index contributed by atoms with van der Waals surface area (Å²) in [5, 5.41) is 4.77. The maximum atomic E-state index is 12.8. The first-order valence-electron chi connectivity index (χ1n) is 8.82. The van der Waals surface area contributed by atoms with Crippen LogP contribution in [0.2, 0.25) is 0 Å². The Hall–Kier alpha value is -2.96. The lowest BCUT2D eigenvalue weighted by Crippen LogP contribution is -2.34. The number of hydrogen-bond donors (Lipinski definition) is 0. The van der Waals surface area contributed by atoms with Crippen molar-refractivity contribution in [2.24, 2.45) is 0 Å². The first-order chi connectivity index (χ1) is 12.5. The summed E-state index contributed by atoms with van der Waals surface area (Å²) >= 11 is 0. The topological polar surface area (TPSA) is 73.0 Å². The third kappa shape index (κ3) is 2.89. The molecule has 0 aliphatic carbocycles.